The van der Waals surface area contributed by atoms with Crippen molar-refractivity contribution in [1.82, 2.24) is 4.98 Å². The Morgan fingerprint density at radius 2 is 2.13 bits per heavy atom. The number of hydrogen-bond acceptors (Lipinski definition) is 5. The van der Waals surface area contributed by atoms with E-state index in [-0.39, 0.29) is 23.0 Å². The molecule has 122 valence electrons. The lowest BCUT2D eigenvalue weighted by atomic mass is 10.1. The number of aryl methyl sites for hydroxylation is 1. The Morgan fingerprint density at radius 1 is 1.39 bits per heavy atom. The third-order valence-electron chi connectivity index (χ3n) is 3.01. The van der Waals surface area contributed by atoms with Crippen molar-refractivity contribution >= 4 is 17.6 Å². The molecular weight excluding hydrogens is 300 g/mol. The second-order valence-corrected chi connectivity index (χ2v) is 5.11. The standard InChI is InChI=1S/C16H18N2O5/c1-4-12-14(17-8-22-12)15(19)18-11-7-10(16(20)21)5-6-13(11)23-9(2)3/h5-9H,4H2,1-3H3,(H,18,19)(H,20,21). The van der Waals surface area contributed by atoms with Crippen molar-refractivity contribution in [2.24, 2.45) is 0 Å². The minimum atomic E-state index is -1.09. The first kappa shape index (κ1) is 16.5. The fourth-order valence-electron chi connectivity index (χ4n) is 2.01. The molecule has 0 unspecified atom stereocenters. The van der Waals surface area contributed by atoms with Gasteiger partial charge in [0.15, 0.2) is 12.1 Å². The van der Waals surface area contributed by atoms with Crippen molar-refractivity contribution in [3.8, 4) is 5.75 Å². The van der Waals surface area contributed by atoms with Crippen molar-refractivity contribution < 1.29 is 23.8 Å². The Hall–Kier alpha value is -2.83. The molecule has 1 aromatic heterocycles. The van der Waals surface area contributed by atoms with Gasteiger partial charge in [-0.1, -0.05) is 6.92 Å². The fourth-order valence-corrected chi connectivity index (χ4v) is 2.01. The van der Waals surface area contributed by atoms with E-state index in [1.807, 2.05) is 20.8 Å². The molecule has 1 amide bonds. The van der Waals surface area contributed by atoms with E-state index in [0.29, 0.717) is 17.9 Å². The minimum Gasteiger partial charge on any atom is -0.489 e. The van der Waals surface area contributed by atoms with Gasteiger partial charge in [-0.25, -0.2) is 9.78 Å². The molecule has 0 aliphatic heterocycles. The van der Waals surface area contributed by atoms with Crippen molar-refractivity contribution in [2.75, 3.05) is 5.32 Å². The van der Waals surface area contributed by atoms with Crippen molar-refractivity contribution in [1.29, 1.82) is 0 Å². The van der Waals surface area contributed by atoms with E-state index in [1.165, 1.54) is 24.6 Å². The highest BCUT2D eigenvalue weighted by Crippen LogP contribution is 2.27. The normalized spacial score (nSPS) is 10.6. The number of nitrogens with zero attached hydrogens (tertiary/aromatic N) is 1. The van der Waals surface area contributed by atoms with Crippen molar-refractivity contribution in [3.63, 3.8) is 0 Å². The molecule has 0 saturated heterocycles. The Kier molecular flexibility index (Phi) is 5.00. The molecule has 2 rings (SSSR count). The number of rotatable bonds is 6. The smallest absolute Gasteiger partial charge is 0.335 e. The topological polar surface area (TPSA) is 102 Å². The Bertz CT molecular complexity index is 721. The number of ether oxygens (including phenoxy) is 1. The molecule has 0 atom stereocenters. The molecule has 2 aromatic rings. The lowest BCUT2D eigenvalue weighted by molar-refractivity contribution is 0.0696. The maximum absolute atomic E-state index is 12.3. The van der Waals surface area contributed by atoms with Crippen LogP contribution in [-0.4, -0.2) is 28.1 Å². The summed E-state index contributed by atoms with van der Waals surface area (Å²) < 4.78 is 10.7. The largest absolute Gasteiger partial charge is 0.489 e. The van der Waals surface area contributed by atoms with Gasteiger partial charge < -0.3 is 19.6 Å². The number of carboxylic acid groups (broad SMARTS) is 1. The highest BCUT2D eigenvalue weighted by atomic mass is 16.5. The van der Waals surface area contributed by atoms with Gasteiger partial charge in [-0.2, -0.15) is 0 Å². The number of benzene rings is 1. The highest BCUT2D eigenvalue weighted by Gasteiger charge is 2.18. The van der Waals surface area contributed by atoms with E-state index < -0.39 is 11.9 Å². The van der Waals surface area contributed by atoms with E-state index in [4.69, 9.17) is 14.3 Å². The molecule has 23 heavy (non-hydrogen) atoms. The molecule has 0 saturated carbocycles. The first-order chi connectivity index (χ1) is 10.9. The Morgan fingerprint density at radius 3 is 2.74 bits per heavy atom. The van der Waals surface area contributed by atoms with Gasteiger partial charge in [0.05, 0.1) is 17.4 Å². The SMILES string of the molecule is CCc1ocnc1C(=O)Nc1cc(C(=O)O)ccc1OC(C)C. The number of nitrogens with one attached hydrogen (secondary N) is 1. The quantitative estimate of drug-likeness (QED) is 0.849. The van der Waals surface area contributed by atoms with Crippen molar-refractivity contribution in [2.45, 2.75) is 33.3 Å². The van der Waals surface area contributed by atoms with Crippen molar-refractivity contribution in [3.05, 3.63) is 41.6 Å². The van der Waals surface area contributed by atoms with Crippen LogP contribution in [0.3, 0.4) is 0 Å². The van der Waals surface area contributed by atoms with Crippen LogP contribution >= 0.6 is 0 Å². The first-order valence-electron chi connectivity index (χ1n) is 7.20. The molecule has 0 aliphatic rings. The predicted octanol–water partition coefficient (Wildman–Crippen LogP) is 2.97. The summed E-state index contributed by atoms with van der Waals surface area (Å²) in [6, 6.07) is 4.29. The van der Waals surface area contributed by atoms with Crippen LogP contribution in [0.2, 0.25) is 0 Å². The summed E-state index contributed by atoms with van der Waals surface area (Å²) in [5, 5.41) is 11.7. The fraction of sp³-hybridized carbons (Fsp3) is 0.312. The summed E-state index contributed by atoms with van der Waals surface area (Å²) in [6.07, 6.45) is 1.60. The monoisotopic (exact) mass is 318 g/mol. The maximum Gasteiger partial charge on any atom is 0.335 e. The van der Waals surface area contributed by atoms with Gasteiger partial charge in [-0.3, -0.25) is 4.79 Å². The average Bonchev–Trinajstić information content (AvgIpc) is 2.96. The number of aromatic carboxylic acids is 1. The van der Waals surface area contributed by atoms with E-state index in [9.17, 15) is 9.59 Å². The zero-order valence-corrected chi connectivity index (χ0v) is 13.1. The van der Waals surface area contributed by atoms with Gasteiger partial charge in [0, 0.05) is 6.42 Å². The van der Waals surface area contributed by atoms with Crippen LogP contribution in [-0.2, 0) is 6.42 Å². The van der Waals surface area contributed by atoms with E-state index in [0.717, 1.165) is 0 Å². The zero-order chi connectivity index (χ0) is 17.0. The second kappa shape index (κ2) is 6.95. The number of carboxylic acids is 1. The third kappa shape index (κ3) is 3.88. The summed E-state index contributed by atoms with van der Waals surface area (Å²) in [4.78, 5) is 27.4. The number of hydrogen-bond donors (Lipinski definition) is 2. The number of oxazole rings is 1. The van der Waals surface area contributed by atoms with Gasteiger partial charge in [0.2, 0.25) is 0 Å². The number of amides is 1. The van der Waals surface area contributed by atoms with Gasteiger partial charge in [-0.15, -0.1) is 0 Å². The summed E-state index contributed by atoms with van der Waals surface area (Å²) >= 11 is 0. The molecule has 0 bridgehead atoms. The molecule has 1 aromatic carbocycles. The lowest BCUT2D eigenvalue weighted by Crippen LogP contribution is -2.16. The number of carbonyl (C=O) groups excluding carboxylic acids is 1. The molecule has 0 aliphatic carbocycles. The summed E-state index contributed by atoms with van der Waals surface area (Å²) in [5.41, 5.74) is 0.490. The number of anilines is 1. The Balaban J connectivity index is 2.34. The lowest BCUT2D eigenvalue weighted by Gasteiger charge is -2.15. The average molecular weight is 318 g/mol. The summed E-state index contributed by atoms with van der Waals surface area (Å²) in [5.74, 6) is -0.720. The van der Waals surface area contributed by atoms with Gasteiger partial charge in [-0.05, 0) is 32.0 Å². The zero-order valence-electron chi connectivity index (χ0n) is 13.1. The van der Waals surface area contributed by atoms with E-state index in [1.54, 1.807) is 0 Å². The number of carbonyl (C=O) groups is 2. The summed E-state index contributed by atoms with van der Waals surface area (Å²) in [7, 11) is 0. The second-order valence-electron chi connectivity index (χ2n) is 5.11. The van der Waals surface area contributed by atoms with Crippen LogP contribution in [0, 0.1) is 0 Å². The van der Waals surface area contributed by atoms with E-state index in [2.05, 4.69) is 10.3 Å². The van der Waals surface area contributed by atoms with Gasteiger partial charge in [0.1, 0.15) is 11.5 Å². The Labute approximate surface area is 133 Å². The molecule has 7 heteroatoms. The highest BCUT2D eigenvalue weighted by molar-refractivity contribution is 6.05. The number of aromatic nitrogens is 1. The van der Waals surface area contributed by atoms with Gasteiger partial charge in [0.25, 0.3) is 5.91 Å². The molecule has 1 heterocycles. The molecular formula is C16H18N2O5. The molecule has 0 radical (unpaired) electrons. The maximum atomic E-state index is 12.3. The first-order valence-corrected chi connectivity index (χ1v) is 7.20. The van der Waals surface area contributed by atoms with E-state index >= 15 is 0 Å². The molecule has 7 nitrogen and oxygen atoms in total. The van der Waals surface area contributed by atoms with Gasteiger partial charge >= 0.3 is 5.97 Å². The summed E-state index contributed by atoms with van der Waals surface area (Å²) in [6.45, 7) is 5.52. The third-order valence-corrected chi connectivity index (χ3v) is 3.01. The van der Waals surface area contributed by atoms with Crippen LogP contribution in [0.15, 0.2) is 29.0 Å². The van der Waals surface area contributed by atoms with Crippen LogP contribution in [0.5, 0.6) is 5.75 Å². The molecule has 2 N–H and O–H groups in total. The predicted molar refractivity (Wildman–Crippen MR) is 83.0 cm³/mol. The van der Waals surface area contributed by atoms with Crippen LogP contribution < -0.4 is 10.1 Å². The molecule has 0 spiro atoms. The van der Waals surface area contributed by atoms with Crippen LogP contribution in [0.25, 0.3) is 0 Å². The minimum absolute atomic E-state index is 0.0484. The van der Waals surface area contributed by atoms with Crippen LogP contribution in [0.1, 0.15) is 47.4 Å². The van der Waals surface area contributed by atoms with Crippen LogP contribution in [0.4, 0.5) is 5.69 Å². The molecule has 0 fully saturated rings.